The molecule has 0 saturated heterocycles. The summed E-state index contributed by atoms with van der Waals surface area (Å²) in [5, 5.41) is 11.8. The summed E-state index contributed by atoms with van der Waals surface area (Å²) < 4.78 is 69.2. The number of H-pyrrole nitrogens is 1. The number of rotatable bonds is 4. The molecule has 0 aliphatic carbocycles. The number of aromatic nitrogens is 1. The predicted octanol–water partition coefficient (Wildman–Crippen LogP) is 4.80. The van der Waals surface area contributed by atoms with Gasteiger partial charge in [0.2, 0.25) is 0 Å². The molecule has 3 N–H and O–H groups in total. The number of carbonyl (C=O) groups excluding carboxylic acids is 1. The van der Waals surface area contributed by atoms with Crippen LogP contribution in [0.5, 0.6) is 5.75 Å². The summed E-state index contributed by atoms with van der Waals surface area (Å²) in [5.74, 6) is -0.599. The van der Waals surface area contributed by atoms with Crippen molar-refractivity contribution in [2.45, 2.75) is 26.4 Å². The van der Waals surface area contributed by atoms with Crippen molar-refractivity contribution in [1.29, 1.82) is 0 Å². The second kappa shape index (κ2) is 12.6. The van der Waals surface area contributed by atoms with Crippen LogP contribution in [0.3, 0.4) is 0 Å². The molecule has 0 spiro atoms. The Morgan fingerprint density at radius 1 is 1.09 bits per heavy atom. The molecule has 33 heavy (non-hydrogen) atoms. The van der Waals surface area contributed by atoms with Crippen LogP contribution in [0.2, 0.25) is 0 Å². The minimum absolute atomic E-state index is 0.112. The van der Waals surface area contributed by atoms with Crippen LogP contribution in [0.1, 0.15) is 25.8 Å². The number of hydrogen-bond donors (Lipinski definition) is 3. The Kier molecular flexibility index (Phi) is 10.6. The third kappa shape index (κ3) is 10.7. The van der Waals surface area contributed by atoms with E-state index in [1.54, 1.807) is 6.92 Å². The van der Waals surface area contributed by atoms with Crippen LogP contribution < -0.4 is 4.74 Å². The van der Waals surface area contributed by atoms with E-state index in [1.807, 2.05) is 18.3 Å². The van der Waals surface area contributed by atoms with Crippen molar-refractivity contribution in [3.63, 3.8) is 0 Å². The van der Waals surface area contributed by atoms with Gasteiger partial charge in [0.15, 0.2) is 5.71 Å². The van der Waals surface area contributed by atoms with Gasteiger partial charge in [0.1, 0.15) is 5.75 Å². The zero-order chi connectivity index (χ0) is 25.1. The molecule has 12 heteroatoms. The summed E-state index contributed by atoms with van der Waals surface area (Å²) in [6.45, 7) is 2.86. The first kappa shape index (κ1) is 27.7. The number of esters is 1. The van der Waals surface area contributed by atoms with Crippen molar-refractivity contribution < 1.29 is 40.9 Å². The number of ether oxygens (including phenoxy) is 1. The van der Waals surface area contributed by atoms with Crippen molar-refractivity contribution in [2.24, 2.45) is 5.16 Å². The maximum absolute atomic E-state index is 12.3. The van der Waals surface area contributed by atoms with E-state index in [-0.39, 0.29) is 17.1 Å². The zero-order valence-corrected chi connectivity index (χ0v) is 18.5. The first-order chi connectivity index (χ1) is 15.4. The van der Waals surface area contributed by atoms with Gasteiger partial charge in [-0.05, 0) is 48.2 Å². The summed E-state index contributed by atoms with van der Waals surface area (Å²) in [4.78, 5) is 13.7. The van der Waals surface area contributed by atoms with E-state index in [1.165, 1.54) is 30.0 Å². The SMILES string of the molecule is CC(=O)Oc1ccc(C(=NO)C(F)(F)F)cc1.CCCS(=O)(=O)O.c1ccc2[nH]ccc2c1. The first-order valence-corrected chi connectivity index (χ1v) is 11.0. The molecule has 0 atom stereocenters. The molecule has 0 fully saturated rings. The molecule has 3 rings (SSSR count). The van der Waals surface area contributed by atoms with E-state index in [2.05, 4.69) is 33.1 Å². The number of alkyl halides is 3. The third-order valence-electron chi connectivity index (χ3n) is 3.68. The maximum Gasteiger partial charge on any atom is 0.437 e. The average Bonchev–Trinajstić information content (AvgIpc) is 3.17. The Bertz CT molecular complexity index is 1130. The van der Waals surface area contributed by atoms with Crippen LogP contribution in [0.4, 0.5) is 13.2 Å². The topological polar surface area (TPSA) is 129 Å². The molecule has 0 amide bonds. The van der Waals surface area contributed by atoms with E-state index in [0.717, 1.165) is 12.1 Å². The highest BCUT2D eigenvalue weighted by Crippen LogP contribution is 2.23. The Morgan fingerprint density at radius 2 is 1.70 bits per heavy atom. The molecule has 2 aromatic carbocycles. The lowest BCUT2D eigenvalue weighted by Crippen LogP contribution is -2.23. The van der Waals surface area contributed by atoms with Gasteiger partial charge in [-0.25, -0.2) is 0 Å². The monoisotopic (exact) mass is 488 g/mol. The van der Waals surface area contributed by atoms with Crippen LogP contribution >= 0.6 is 0 Å². The molecule has 0 saturated carbocycles. The van der Waals surface area contributed by atoms with Gasteiger partial charge in [-0.2, -0.15) is 21.6 Å². The van der Waals surface area contributed by atoms with Gasteiger partial charge in [-0.3, -0.25) is 9.35 Å². The van der Waals surface area contributed by atoms with Gasteiger partial charge in [-0.15, -0.1) is 0 Å². The van der Waals surface area contributed by atoms with E-state index in [0.29, 0.717) is 6.42 Å². The van der Waals surface area contributed by atoms with Crippen LogP contribution in [0.25, 0.3) is 10.9 Å². The Labute approximate surface area is 188 Å². The lowest BCUT2D eigenvalue weighted by molar-refractivity contribution is -0.131. The number of nitrogens with one attached hydrogen (secondary N) is 1. The number of aromatic amines is 1. The number of hydrogen-bond acceptors (Lipinski definition) is 6. The van der Waals surface area contributed by atoms with Crippen molar-refractivity contribution in [3.8, 4) is 5.75 Å². The average molecular weight is 488 g/mol. The van der Waals surface area contributed by atoms with E-state index in [9.17, 15) is 26.4 Å². The molecular formula is C21H23F3N2O6S. The smallest absolute Gasteiger partial charge is 0.427 e. The molecular weight excluding hydrogens is 465 g/mol. The molecule has 3 aromatic rings. The van der Waals surface area contributed by atoms with Gasteiger partial charge in [0.25, 0.3) is 10.1 Å². The number of benzene rings is 2. The predicted molar refractivity (Wildman–Crippen MR) is 117 cm³/mol. The van der Waals surface area contributed by atoms with Gasteiger partial charge >= 0.3 is 12.1 Å². The quantitative estimate of drug-likeness (QED) is 0.121. The van der Waals surface area contributed by atoms with Gasteiger partial charge in [-0.1, -0.05) is 30.3 Å². The fourth-order valence-electron chi connectivity index (χ4n) is 2.38. The highest BCUT2D eigenvalue weighted by molar-refractivity contribution is 7.85. The molecule has 0 unspecified atom stereocenters. The number of oxime groups is 1. The number of fused-ring (bicyclic) bond motifs is 1. The van der Waals surface area contributed by atoms with Crippen molar-refractivity contribution >= 4 is 32.7 Å². The minimum Gasteiger partial charge on any atom is -0.427 e. The Morgan fingerprint density at radius 3 is 2.12 bits per heavy atom. The summed E-state index contributed by atoms with van der Waals surface area (Å²) in [6.07, 6.45) is -2.33. The maximum atomic E-state index is 12.3. The molecule has 0 radical (unpaired) electrons. The van der Waals surface area contributed by atoms with E-state index < -0.39 is 28.0 Å². The molecule has 8 nitrogen and oxygen atoms in total. The Balaban J connectivity index is 0.000000282. The van der Waals surface area contributed by atoms with Gasteiger partial charge in [0, 0.05) is 24.2 Å². The highest BCUT2D eigenvalue weighted by atomic mass is 32.2. The van der Waals surface area contributed by atoms with Gasteiger partial charge in [0.05, 0.1) is 5.75 Å². The normalized spacial score (nSPS) is 11.6. The second-order valence-corrected chi connectivity index (χ2v) is 7.99. The zero-order valence-electron chi connectivity index (χ0n) is 17.7. The molecule has 0 aliphatic rings. The minimum atomic E-state index is -4.75. The van der Waals surface area contributed by atoms with Crippen molar-refractivity contribution in [2.75, 3.05) is 5.75 Å². The third-order valence-corrected chi connectivity index (χ3v) is 4.61. The van der Waals surface area contributed by atoms with Crippen LogP contribution in [0, 0.1) is 0 Å². The number of nitrogens with zero attached hydrogens (tertiary/aromatic N) is 1. The molecule has 0 bridgehead atoms. The van der Waals surface area contributed by atoms with Crippen molar-refractivity contribution in [3.05, 3.63) is 66.4 Å². The fourth-order valence-corrected chi connectivity index (χ4v) is 2.89. The Hall–Kier alpha value is -3.38. The molecule has 0 aliphatic heterocycles. The standard InChI is InChI=1S/C10H8F3NO3.C8H7N.C3H8O3S/c1-6(15)17-8-4-2-7(3-5-8)9(14-16)10(11,12)13;1-2-4-8-7(3-1)5-6-9-8;1-2-3-7(4,5)6/h2-5,16H,1H3;1-6,9H;2-3H2,1H3,(H,4,5,6). The number of carbonyl (C=O) groups is 1. The summed E-state index contributed by atoms with van der Waals surface area (Å²) in [6, 6.07) is 14.7. The first-order valence-electron chi connectivity index (χ1n) is 9.42. The lowest BCUT2D eigenvalue weighted by atomic mass is 10.1. The largest absolute Gasteiger partial charge is 0.437 e. The van der Waals surface area contributed by atoms with Gasteiger partial charge < -0.3 is 14.9 Å². The summed E-state index contributed by atoms with van der Waals surface area (Å²) in [7, 11) is -3.67. The highest BCUT2D eigenvalue weighted by Gasteiger charge is 2.37. The summed E-state index contributed by atoms with van der Waals surface area (Å²) >= 11 is 0. The fraction of sp³-hybridized carbons (Fsp3) is 0.238. The molecule has 180 valence electrons. The van der Waals surface area contributed by atoms with Crippen LogP contribution in [-0.4, -0.2) is 46.8 Å². The summed E-state index contributed by atoms with van der Waals surface area (Å²) in [5.41, 5.74) is -0.528. The lowest BCUT2D eigenvalue weighted by Gasteiger charge is -2.09. The molecule has 1 heterocycles. The van der Waals surface area contributed by atoms with E-state index in [4.69, 9.17) is 9.76 Å². The molecule has 1 aromatic heterocycles. The van der Waals surface area contributed by atoms with Crippen molar-refractivity contribution in [1.82, 2.24) is 4.98 Å². The van der Waals surface area contributed by atoms with E-state index >= 15 is 0 Å². The number of para-hydroxylation sites is 1. The van der Waals surface area contributed by atoms with Crippen LogP contribution in [-0.2, 0) is 14.9 Å². The second-order valence-electron chi connectivity index (χ2n) is 6.42. The van der Waals surface area contributed by atoms with Crippen LogP contribution in [0.15, 0.2) is 65.9 Å². The number of halogens is 3.